The molecule has 2 aliphatic rings. The molecule has 174 valence electrons. The number of piperidine rings is 1. The van der Waals surface area contributed by atoms with Gasteiger partial charge in [0.1, 0.15) is 6.26 Å². The Hall–Kier alpha value is -2.34. The zero-order valence-electron chi connectivity index (χ0n) is 17.8. The Morgan fingerprint density at radius 2 is 1.88 bits per heavy atom. The number of rotatable bonds is 5. The number of aromatic nitrogens is 1. The van der Waals surface area contributed by atoms with Gasteiger partial charge in [0.05, 0.1) is 16.0 Å². The molecule has 0 aliphatic carbocycles. The largest absolute Gasteiger partial charge is 0.431 e. The molecule has 0 unspecified atom stereocenters. The highest BCUT2D eigenvalue weighted by Gasteiger charge is 2.35. The van der Waals surface area contributed by atoms with Crippen molar-refractivity contribution in [2.45, 2.75) is 18.1 Å². The van der Waals surface area contributed by atoms with Crippen LogP contribution in [0.4, 0.5) is 17.4 Å². The SMILES string of the molecule is CN1CCC(S(=O)(=O)N2CCN(c3ccc(Cl)c(NC(=O)c4coc(N)n4)c3)CC2)CC1. The van der Waals surface area contributed by atoms with E-state index in [0.29, 0.717) is 49.7 Å². The molecule has 2 aliphatic heterocycles. The summed E-state index contributed by atoms with van der Waals surface area (Å²) in [5.74, 6) is -0.487. The number of carbonyl (C=O) groups is 1. The lowest BCUT2D eigenvalue weighted by molar-refractivity contribution is 0.102. The highest BCUT2D eigenvalue weighted by Crippen LogP contribution is 2.30. The second kappa shape index (κ2) is 9.26. The summed E-state index contributed by atoms with van der Waals surface area (Å²) in [6, 6.07) is 5.23. The second-order valence-electron chi connectivity index (χ2n) is 8.12. The number of nitrogens with one attached hydrogen (secondary N) is 1. The van der Waals surface area contributed by atoms with E-state index in [1.165, 1.54) is 6.26 Å². The molecule has 0 radical (unpaired) electrons. The molecule has 2 fully saturated rings. The van der Waals surface area contributed by atoms with Crippen LogP contribution in [0.25, 0.3) is 0 Å². The fourth-order valence-corrected chi connectivity index (χ4v) is 6.14. The minimum absolute atomic E-state index is 0.0525. The molecular formula is C20H27ClN6O4S. The molecule has 0 saturated carbocycles. The number of nitrogens with zero attached hydrogens (tertiary/aromatic N) is 4. The van der Waals surface area contributed by atoms with Crippen LogP contribution in [-0.2, 0) is 10.0 Å². The number of benzene rings is 1. The van der Waals surface area contributed by atoms with Crippen LogP contribution in [0.15, 0.2) is 28.9 Å². The maximum atomic E-state index is 13.0. The molecular weight excluding hydrogens is 456 g/mol. The van der Waals surface area contributed by atoms with Crippen molar-refractivity contribution in [2.75, 3.05) is 62.3 Å². The van der Waals surface area contributed by atoms with Crippen LogP contribution < -0.4 is 16.0 Å². The van der Waals surface area contributed by atoms with Crippen molar-refractivity contribution in [3.05, 3.63) is 35.2 Å². The highest BCUT2D eigenvalue weighted by atomic mass is 35.5. The van der Waals surface area contributed by atoms with Crippen molar-refractivity contribution in [3.63, 3.8) is 0 Å². The van der Waals surface area contributed by atoms with E-state index in [0.717, 1.165) is 18.8 Å². The van der Waals surface area contributed by atoms with Gasteiger partial charge in [0, 0.05) is 31.9 Å². The lowest BCUT2D eigenvalue weighted by Crippen LogP contribution is -2.52. The quantitative estimate of drug-likeness (QED) is 0.659. The molecule has 1 aromatic heterocycles. The summed E-state index contributed by atoms with van der Waals surface area (Å²) in [5.41, 5.74) is 6.75. The fourth-order valence-electron chi connectivity index (χ4n) is 4.08. The Kier molecular flexibility index (Phi) is 6.61. The van der Waals surface area contributed by atoms with Crippen molar-refractivity contribution in [1.82, 2.24) is 14.2 Å². The topological polar surface area (TPSA) is 125 Å². The first-order chi connectivity index (χ1) is 15.2. The Bertz CT molecular complexity index is 1080. The van der Waals surface area contributed by atoms with Gasteiger partial charge in [-0.2, -0.15) is 9.29 Å². The van der Waals surface area contributed by atoms with E-state index < -0.39 is 15.9 Å². The van der Waals surface area contributed by atoms with Crippen LogP contribution in [0.2, 0.25) is 5.02 Å². The second-order valence-corrected chi connectivity index (χ2v) is 10.7. The monoisotopic (exact) mass is 482 g/mol. The molecule has 12 heteroatoms. The molecule has 3 heterocycles. The van der Waals surface area contributed by atoms with Gasteiger partial charge in [0.15, 0.2) is 5.69 Å². The average molecular weight is 483 g/mol. The number of halogens is 1. The van der Waals surface area contributed by atoms with Crippen molar-refractivity contribution in [1.29, 1.82) is 0 Å². The number of carbonyl (C=O) groups excluding carboxylic acids is 1. The molecule has 0 spiro atoms. The van der Waals surface area contributed by atoms with Gasteiger partial charge < -0.3 is 25.3 Å². The Morgan fingerprint density at radius 3 is 2.50 bits per heavy atom. The van der Waals surface area contributed by atoms with E-state index in [9.17, 15) is 13.2 Å². The average Bonchev–Trinajstić information content (AvgIpc) is 3.22. The highest BCUT2D eigenvalue weighted by molar-refractivity contribution is 7.89. The Balaban J connectivity index is 1.40. The summed E-state index contributed by atoms with van der Waals surface area (Å²) in [4.78, 5) is 20.4. The number of nitrogens with two attached hydrogens (primary N) is 1. The maximum Gasteiger partial charge on any atom is 0.292 e. The molecule has 10 nitrogen and oxygen atoms in total. The minimum atomic E-state index is -3.30. The van der Waals surface area contributed by atoms with E-state index >= 15 is 0 Å². The van der Waals surface area contributed by atoms with Gasteiger partial charge in [-0.05, 0) is 51.2 Å². The third kappa shape index (κ3) is 4.85. The number of hydrogen-bond donors (Lipinski definition) is 2. The van der Waals surface area contributed by atoms with Crippen LogP contribution >= 0.6 is 11.6 Å². The maximum absolute atomic E-state index is 13.0. The summed E-state index contributed by atoms with van der Waals surface area (Å²) >= 11 is 6.26. The van der Waals surface area contributed by atoms with E-state index in [4.69, 9.17) is 21.8 Å². The van der Waals surface area contributed by atoms with Crippen molar-refractivity contribution >= 4 is 44.9 Å². The summed E-state index contributed by atoms with van der Waals surface area (Å²) in [5, 5.41) is 2.79. The Labute approximate surface area is 192 Å². The zero-order chi connectivity index (χ0) is 22.9. The number of amides is 1. The van der Waals surface area contributed by atoms with Gasteiger partial charge in [-0.15, -0.1) is 0 Å². The van der Waals surface area contributed by atoms with E-state index in [-0.39, 0.29) is 17.0 Å². The van der Waals surface area contributed by atoms with Gasteiger partial charge in [-0.25, -0.2) is 8.42 Å². The molecule has 2 saturated heterocycles. The summed E-state index contributed by atoms with van der Waals surface area (Å²) in [7, 11) is -1.28. The first-order valence-electron chi connectivity index (χ1n) is 10.5. The van der Waals surface area contributed by atoms with Crippen LogP contribution in [0.1, 0.15) is 23.3 Å². The van der Waals surface area contributed by atoms with Gasteiger partial charge in [-0.1, -0.05) is 11.6 Å². The van der Waals surface area contributed by atoms with Crippen LogP contribution in [0.5, 0.6) is 0 Å². The smallest absolute Gasteiger partial charge is 0.292 e. The van der Waals surface area contributed by atoms with Crippen LogP contribution in [0, 0.1) is 0 Å². The normalized spacial score (nSPS) is 19.2. The standard InChI is InChI=1S/C20H27ClN6O4S/c1-25-6-4-15(5-7-25)32(29,30)27-10-8-26(9-11-27)14-2-3-16(21)17(12-14)23-19(28)18-13-31-20(22)24-18/h2-3,12-13,15H,4-11H2,1H3,(H2,22,24)(H,23,28). The van der Waals surface area contributed by atoms with Gasteiger partial charge in [0.25, 0.3) is 11.9 Å². The number of oxazole rings is 1. The molecule has 4 rings (SSSR count). The Morgan fingerprint density at radius 1 is 1.19 bits per heavy atom. The van der Waals surface area contributed by atoms with Crippen LogP contribution in [-0.4, -0.2) is 80.1 Å². The minimum Gasteiger partial charge on any atom is -0.431 e. The number of piperazine rings is 1. The number of anilines is 3. The molecule has 1 aromatic carbocycles. The molecule has 32 heavy (non-hydrogen) atoms. The van der Waals surface area contributed by atoms with E-state index in [2.05, 4.69) is 20.1 Å². The van der Waals surface area contributed by atoms with Crippen LogP contribution in [0.3, 0.4) is 0 Å². The van der Waals surface area contributed by atoms with Crippen molar-refractivity contribution < 1.29 is 17.6 Å². The predicted octanol–water partition coefficient (Wildman–Crippen LogP) is 1.71. The fraction of sp³-hybridized carbons (Fsp3) is 0.500. The number of likely N-dealkylation sites (tertiary alicyclic amines) is 1. The van der Waals surface area contributed by atoms with Gasteiger partial charge in [-0.3, -0.25) is 4.79 Å². The van der Waals surface area contributed by atoms with Gasteiger partial charge in [0.2, 0.25) is 10.0 Å². The third-order valence-electron chi connectivity index (χ3n) is 6.00. The van der Waals surface area contributed by atoms with Crippen molar-refractivity contribution in [2.24, 2.45) is 0 Å². The first-order valence-corrected chi connectivity index (χ1v) is 12.4. The lowest BCUT2D eigenvalue weighted by atomic mass is 10.1. The molecule has 2 aromatic rings. The molecule has 1 amide bonds. The summed E-state index contributed by atoms with van der Waals surface area (Å²) in [6.45, 7) is 3.59. The summed E-state index contributed by atoms with van der Waals surface area (Å²) < 4.78 is 32.6. The van der Waals surface area contributed by atoms with Gasteiger partial charge >= 0.3 is 0 Å². The number of hydrogen-bond acceptors (Lipinski definition) is 8. The van der Waals surface area contributed by atoms with Crippen molar-refractivity contribution in [3.8, 4) is 0 Å². The number of sulfonamides is 1. The first kappa shape index (κ1) is 22.8. The predicted molar refractivity (Wildman–Crippen MR) is 124 cm³/mol. The molecule has 3 N–H and O–H groups in total. The zero-order valence-corrected chi connectivity index (χ0v) is 19.4. The third-order valence-corrected chi connectivity index (χ3v) is 8.73. The summed E-state index contributed by atoms with van der Waals surface area (Å²) in [6.07, 6.45) is 2.53. The van der Waals surface area contributed by atoms with E-state index in [1.807, 2.05) is 13.1 Å². The molecule has 0 bridgehead atoms. The van der Waals surface area contributed by atoms with E-state index in [1.54, 1.807) is 16.4 Å². The number of nitrogen functional groups attached to an aromatic ring is 1. The lowest BCUT2D eigenvalue weighted by Gasteiger charge is -2.38. The molecule has 0 atom stereocenters.